The number of aromatic hydroxyl groups is 1. The molecule has 1 aliphatic heterocycles. The van der Waals surface area contributed by atoms with Crippen LogP contribution in [0.2, 0.25) is 0 Å². The third kappa shape index (κ3) is 2.42. The molecule has 0 bridgehead atoms. The van der Waals surface area contributed by atoms with Crippen LogP contribution in [0.1, 0.15) is 64.5 Å². The largest absolute Gasteiger partial charge is 0.508 e. The molecule has 23 heavy (non-hydrogen) atoms. The molecular weight excluding hydrogens is 282 g/mol. The van der Waals surface area contributed by atoms with Gasteiger partial charge in [0.25, 0.3) is 0 Å². The Morgan fingerprint density at radius 2 is 1.87 bits per heavy atom. The van der Waals surface area contributed by atoms with E-state index in [2.05, 4.69) is 17.5 Å². The molecule has 126 valence electrons. The number of phenolic OH excluding ortho intramolecular Hbond substituents is 1. The summed E-state index contributed by atoms with van der Waals surface area (Å²) in [4.78, 5) is 0. The van der Waals surface area contributed by atoms with Gasteiger partial charge in [-0.15, -0.1) is 0 Å². The molecule has 1 saturated carbocycles. The Kier molecular flexibility index (Phi) is 4.55. The summed E-state index contributed by atoms with van der Waals surface area (Å²) in [5.41, 5.74) is 4.82. The Balaban J connectivity index is 0.000000365. The van der Waals surface area contributed by atoms with Gasteiger partial charge < -0.3 is 10.4 Å². The van der Waals surface area contributed by atoms with Crippen molar-refractivity contribution in [1.29, 1.82) is 0 Å². The molecular formula is C21H31NO. The van der Waals surface area contributed by atoms with Crippen LogP contribution in [0.25, 0.3) is 5.57 Å². The van der Waals surface area contributed by atoms with Crippen LogP contribution >= 0.6 is 0 Å². The van der Waals surface area contributed by atoms with Gasteiger partial charge in [-0.3, -0.25) is 0 Å². The average Bonchev–Trinajstić information content (AvgIpc) is 3.19. The third-order valence-corrected chi connectivity index (χ3v) is 6.08. The highest BCUT2D eigenvalue weighted by atomic mass is 16.3. The first kappa shape index (κ1) is 16.6. The van der Waals surface area contributed by atoms with Crippen molar-refractivity contribution in [2.75, 3.05) is 0 Å². The molecule has 0 aromatic heterocycles. The summed E-state index contributed by atoms with van der Waals surface area (Å²) < 4.78 is 0. The number of rotatable bonds is 0. The summed E-state index contributed by atoms with van der Waals surface area (Å²) in [5, 5.41) is 13.4. The highest BCUT2D eigenvalue weighted by molar-refractivity contribution is 5.74. The van der Waals surface area contributed by atoms with Gasteiger partial charge in [0.1, 0.15) is 5.75 Å². The number of hydrogen-bond donors (Lipinski definition) is 2. The Bertz CT molecular complexity index is 606. The van der Waals surface area contributed by atoms with Crippen molar-refractivity contribution < 1.29 is 5.11 Å². The Morgan fingerprint density at radius 1 is 1.09 bits per heavy atom. The van der Waals surface area contributed by atoms with Crippen LogP contribution < -0.4 is 5.32 Å². The van der Waals surface area contributed by atoms with E-state index in [1.54, 1.807) is 5.57 Å². The molecule has 4 aliphatic rings. The van der Waals surface area contributed by atoms with Gasteiger partial charge in [-0.1, -0.05) is 39.8 Å². The molecule has 1 saturated heterocycles. The summed E-state index contributed by atoms with van der Waals surface area (Å²) in [6.07, 6.45) is 8.90. The molecule has 4 unspecified atom stereocenters. The lowest BCUT2D eigenvalue weighted by Crippen LogP contribution is -2.37. The summed E-state index contributed by atoms with van der Waals surface area (Å²) in [6, 6.07) is 6.76. The van der Waals surface area contributed by atoms with E-state index in [9.17, 15) is 5.11 Å². The third-order valence-electron chi connectivity index (χ3n) is 6.08. The number of phenols is 1. The lowest BCUT2D eigenvalue weighted by Gasteiger charge is -2.40. The SMILES string of the molecule is CC.CC.Oc1ccc2c(c1)CCC1C2=CCC23NC2CCC13. The van der Waals surface area contributed by atoms with Crippen molar-refractivity contribution in [1.82, 2.24) is 5.32 Å². The molecule has 0 amide bonds. The second kappa shape index (κ2) is 6.32. The Labute approximate surface area is 141 Å². The van der Waals surface area contributed by atoms with Crippen LogP contribution in [0.15, 0.2) is 24.3 Å². The molecule has 4 atom stereocenters. The van der Waals surface area contributed by atoms with E-state index in [1.807, 2.05) is 39.8 Å². The molecule has 1 spiro atoms. The fraction of sp³-hybridized carbons (Fsp3) is 0.619. The fourth-order valence-corrected chi connectivity index (χ4v) is 5.19. The van der Waals surface area contributed by atoms with Gasteiger partial charge in [0.2, 0.25) is 0 Å². The van der Waals surface area contributed by atoms with Gasteiger partial charge in [0, 0.05) is 11.6 Å². The minimum Gasteiger partial charge on any atom is -0.508 e. The number of aryl methyl sites for hydroxylation is 1. The molecule has 0 radical (unpaired) electrons. The number of fused-ring (bicyclic) bond motifs is 4. The first-order chi connectivity index (χ1) is 11.3. The van der Waals surface area contributed by atoms with Gasteiger partial charge >= 0.3 is 0 Å². The van der Waals surface area contributed by atoms with Crippen molar-refractivity contribution >= 4 is 5.57 Å². The maximum Gasteiger partial charge on any atom is 0.115 e. The monoisotopic (exact) mass is 313 g/mol. The second-order valence-corrected chi connectivity index (χ2v) is 6.77. The molecule has 5 rings (SSSR count). The summed E-state index contributed by atoms with van der Waals surface area (Å²) >= 11 is 0. The van der Waals surface area contributed by atoms with Crippen LogP contribution in [0.3, 0.4) is 0 Å². The van der Waals surface area contributed by atoms with E-state index in [1.165, 1.54) is 36.8 Å². The van der Waals surface area contributed by atoms with Crippen molar-refractivity contribution in [2.45, 2.75) is 71.4 Å². The van der Waals surface area contributed by atoms with Gasteiger partial charge in [0.05, 0.1) is 0 Å². The number of benzene rings is 1. The number of nitrogens with one attached hydrogen (secondary N) is 1. The van der Waals surface area contributed by atoms with Crippen LogP contribution in [0, 0.1) is 11.8 Å². The molecule has 2 N–H and O–H groups in total. The Morgan fingerprint density at radius 3 is 2.61 bits per heavy atom. The van der Waals surface area contributed by atoms with E-state index >= 15 is 0 Å². The minimum absolute atomic E-state index is 0.412. The number of piperidine rings is 1. The molecule has 1 heterocycles. The van der Waals surface area contributed by atoms with Gasteiger partial charge in [-0.2, -0.15) is 0 Å². The van der Waals surface area contributed by atoms with Gasteiger partial charge in [-0.05, 0) is 72.8 Å². The lowest BCUT2D eigenvalue weighted by molar-refractivity contribution is 0.289. The Hall–Kier alpha value is -1.28. The fourth-order valence-electron chi connectivity index (χ4n) is 5.19. The number of hydrogen-bond acceptors (Lipinski definition) is 2. The topological polar surface area (TPSA) is 42.2 Å². The zero-order chi connectivity index (χ0) is 16.6. The molecule has 1 aromatic carbocycles. The predicted molar refractivity (Wildman–Crippen MR) is 97.6 cm³/mol. The predicted octanol–water partition coefficient (Wildman–Crippen LogP) is 4.91. The molecule has 3 aliphatic carbocycles. The quantitative estimate of drug-likeness (QED) is 0.668. The van der Waals surface area contributed by atoms with Crippen molar-refractivity contribution in [2.24, 2.45) is 11.8 Å². The molecule has 2 fully saturated rings. The van der Waals surface area contributed by atoms with Crippen molar-refractivity contribution in [3.05, 3.63) is 35.4 Å². The van der Waals surface area contributed by atoms with E-state index in [-0.39, 0.29) is 0 Å². The maximum atomic E-state index is 9.65. The van der Waals surface area contributed by atoms with E-state index in [4.69, 9.17) is 0 Å². The second-order valence-electron chi connectivity index (χ2n) is 6.77. The average molecular weight is 313 g/mol. The zero-order valence-electron chi connectivity index (χ0n) is 15.0. The van der Waals surface area contributed by atoms with Crippen LogP contribution in [-0.4, -0.2) is 16.7 Å². The van der Waals surface area contributed by atoms with Crippen molar-refractivity contribution in [3.8, 4) is 5.75 Å². The van der Waals surface area contributed by atoms with E-state index < -0.39 is 0 Å². The summed E-state index contributed by atoms with van der Waals surface area (Å²) in [6.45, 7) is 8.00. The first-order valence-corrected chi connectivity index (χ1v) is 9.58. The van der Waals surface area contributed by atoms with Crippen LogP contribution in [0.5, 0.6) is 5.75 Å². The van der Waals surface area contributed by atoms with E-state index in [0.29, 0.717) is 11.3 Å². The van der Waals surface area contributed by atoms with Crippen molar-refractivity contribution in [3.63, 3.8) is 0 Å². The van der Waals surface area contributed by atoms with Crippen LogP contribution in [-0.2, 0) is 6.42 Å². The normalized spacial score (nSPS) is 35.0. The molecule has 2 nitrogen and oxygen atoms in total. The number of allylic oxidation sites excluding steroid dienone is 1. The summed E-state index contributed by atoms with van der Waals surface area (Å²) in [7, 11) is 0. The van der Waals surface area contributed by atoms with Gasteiger partial charge in [0.15, 0.2) is 0 Å². The standard InChI is InChI=1S/C17H19NO.2C2H6/c19-11-2-4-12-10(9-11)1-3-14-13(12)7-8-17-15(14)5-6-16(17)18-17;2*1-2/h2,4,7,9,14-16,18-19H,1,3,5-6,8H2;2*1-2H3. The lowest BCUT2D eigenvalue weighted by atomic mass is 9.65. The maximum absolute atomic E-state index is 9.65. The highest BCUT2D eigenvalue weighted by Crippen LogP contribution is 2.59. The zero-order valence-corrected chi connectivity index (χ0v) is 15.0. The van der Waals surface area contributed by atoms with Crippen LogP contribution in [0.4, 0.5) is 0 Å². The molecule has 2 heteroatoms. The summed E-state index contributed by atoms with van der Waals surface area (Å²) in [5.74, 6) is 2.03. The molecule has 1 aromatic rings. The smallest absolute Gasteiger partial charge is 0.115 e. The highest BCUT2D eigenvalue weighted by Gasteiger charge is 2.64. The van der Waals surface area contributed by atoms with E-state index in [0.717, 1.165) is 24.3 Å². The minimum atomic E-state index is 0.412. The first-order valence-electron chi connectivity index (χ1n) is 9.58. The van der Waals surface area contributed by atoms with Gasteiger partial charge in [-0.25, -0.2) is 0 Å².